The lowest BCUT2D eigenvalue weighted by Crippen LogP contribution is -2.11. The number of primary amides is 1. The van der Waals surface area contributed by atoms with Crippen LogP contribution in [0.3, 0.4) is 0 Å². The summed E-state index contributed by atoms with van der Waals surface area (Å²) < 4.78 is 5.66. The highest BCUT2D eigenvalue weighted by Gasteiger charge is 1.99. The lowest BCUT2D eigenvalue weighted by molar-refractivity contribution is -0.117. The van der Waals surface area contributed by atoms with Crippen LogP contribution in [0, 0.1) is 0 Å². The zero-order valence-corrected chi connectivity index (χ0v) is 10.7. The van der Waals surface area contributed by atoms with Gasteiger partial charge >= 0.3 is 0 Å². The average Bonchev–Trinajstić information content (AvgIpc) is 2.45. The van der Waals surface area contributed by atoms with E-state index in [0.29, 0.717) is 19.4 Å². The van der Waals surface area contributed by atoms with Crippen LogP contribution >= 0.6 is 0 Å². The third kappa shape index (κ3) is 4.47. The second-order valence-corrected chi connectivity index (χ2v) is 4.38. The summed E-state index contributed by atoms with van der Waals surface area (Å²) in [5, 5.41) is 0. The number of aryl methyl sites for hydroxylation is 1. The molecule has 0 saturated heterocycles. The van der Waals surface area contributed by atoms with Crippen LogP contribution in [0.1, 0.15) is 17.5 Å². The molecule has 0 spiro atoms. The minimum absolute atomic E-state index is 0.267. The molecule has 2 rings (SSSR count). The Morgan fingerprint density at radius 3 is 2.21 bits per heavy atom. The molecule has 0 saturated carbocycles. The second kappa shape index (κ2) is 6.59. The van der Waals surface area contributed by atoms with E-state index in [-0.39, 0.29) is 5.91 Å². The van der Waals surface area contributed by atoms with Crippen LogP contribution in [0.25, 0.3) is 0 Å². The van der Waals surface area contributed by atoms with E-state index in [2.05, 4.69) is 0 Å². The van der Waals surface area contributed by atoms with Crippen molar-refractivity contribution in [3.05, 3.63) is 65.7 Å². The molecule has 0 bridgehead atoms. The first-order chi connectivity index (χ1) is 9.24. The molecule has 0 aliphatic rings. The average molecular weight is 255 g/mol. The fraction of sp³-hybridized carbons (Fsp3) is 0.188. The highest BCUT2D eigenvalue weighted by molar-refractivity contribution is 5.73. The predicted octanol–water partition coefficient (Wildman–Crippen LogP) is 2.68. The molecule has 0 heterocycles. The Balaban J connectivity index is 1.86. The predicted molar refractivity (Wildman–Crippen MR) is 74.7 cm³/mol. The highest BCUT2D eigenvalue weighted by atomic mass is 16.5. The van der Waals surface area contributed by atoms with Gasteiger partial charge in [0.1, 0.15) is 12.4 Å². The Morgan fingerprint density at radius 1 is 0.947 bits per heavy atom. The SMILES string of the molecule is NC(=O)CCc1ccc(COc2ccccc2)cc1. The molecule has 3 nitrogen and oxygen atoms in total. The fourth-order valence-electron chi connectivity index (χ4n) is 1.75. The number of hydrogen-bond donors (Lipinski definition) is 1. The number of hydrogen-bond acceptors (Lipinski definition) is 2. The van der Waals surface area contributed by atoms with Crippen molar-refractivity contribution >= 4 is 5.91 Å². The summed E-state index contributed by atoms with van der Waals surface area (Å²) in [4.78, 5) is 10.7. The first-order valence-corrected chi connectivity index (χ1v) is 6.28. The molecule has 0 unspecified atom stereocenters. The Morgan fingerprint density at radius 2 is 1.58 bits per heavy atom. The van der Waals surface area contributed by atoms with Crippen molar-refractivity contribution in [2.45, 2.75) is 19.4 Å². The maximum absolute atomic E-state index is 10.7. The van der Waals surface area contributed by atoms with Crippen molar-refractivity contribution < 1.29 is 9.53 Å². The number of rotatable bonds is 6. The van der Waals surface area contributed by atoms with Gasteiger partial charge in [0.25, 0.3) is 0 Å². The summed E-state index contributed by atoms with van der Waals surface area (Å²) in [6.45, 7) is 0.542. The molecule has 0 fully saturated rings. The van der Waals surface area contributed by atoms with Crippen LogP contribution in [0.2, 0.25) is 0 Å². The highest BCUT2D eigenvalue weighted by Crippen LogP contribution is 2.12. The summed E-state index contributed by atoms with van der Waals surface area (Å²) >= 11 is 0. The van der Waals surface area contributed by atoms with E-state index in [9.17, 15) is 4.79 Å². The molecule has 2 N–H and O–H groups in total. The minimum atomic E-state index is -0.267. The molecule has 98 valence electrons. The summed E-state index contributed by atoms with van der Waals surface area (Å²) in [5.41, 5.74) is 7.34. The van der Waals surface area contributed by atoms with Crippen LogP contribution in [0.5, 0.6) is 5.75 Å². The van der Waals surface area contributed by atoms with Crippen molar-refractivity contribution in [2.24, 2.45) is 5.73 Å². The summed E-state index contributed by atoms with van der Waals surface area (Å²) in [6.07, 6.45) is 1.08. The molecular formula is C16H17NO2. The van der Waals surface area contributed by atoms with Crippen LogP contribution < -0.4 is 10.5 Å². The molecule has 2 aromatic rings. The molecule has 3 heteroatoms. The lowest BCUT2D eigenvalue weighted by Gasteiger charge is -2.06. The summed E-state index contributed by atoms with van der Waals surface area (Å²) in [5.74, 6) is 0.594. The second-order valence-electron chi connectivity index (χ2n) is 4.38. The Bertz CT molecular complexity index is 520. The molecule has 1 amide bonds. The first kappa shape index (κ1) is 13.1. The molecule has 0 atom stereocenters. The van der Waals surface area contributed by atoms with Crippen LogP contribution in [0.15, 0.2) is 54.6 Å². The lowest BCUT2D eigenvalue weighted by atomic mass is 10.1. The minimum Gasteiger partial charge on any atom is -0.489 e. The first-order valence-electron chi connectivity index (χ1n) is 6.28. The molecular weight excluding hydrogens is 238 g/mol. The van der Waals surface area contributed by atoms with E-state index >= 15 is 0 Å². The summed E-state index contributed by atoms with van der Waals surface area (Å²) in [7, 11) is 0. The van der Waals surface area contributed by atoms with Gasteiger partial charge in [-0.1, -0.05) is 42.5 Å². The largest absolute Gasteiger partial charge is 0.489 e. The van der Waals surface area contributed by atoms with Gasteiger partial charge < -0.3 is 10.5 Å². The third-order valence-electron chi connectivity index (χ3n) is 2.83. The van der Waals surface area contributed by atoms with E-state index < -0.39 is 0 Å². The maximum Gasteiger partial charge on any atom is 0.217 e. The van der Waals surface area contributed by atoms with Crippen LogP contribution in [-0.2, 0) is 17.8 Å². The Hall–Kier alpha value is -2.29. The van der Waals surface area contributed by atoms with Gasteiger partial charge in [0.2, 0.25) is 5.91 Å². The maximum atomic E-state index is 10.7. The van der Waals surface area contributed by atoms with Crippen LogP contribution in [-0.4, -0.2) is 5.91 Å². The fourth-order valence-corrected chi connectivity index (χ4v) is 1.75. The molecule has 0 aliphatic carbocycles. The zero-order valence-electron chi connectivity index (χ0n) is 10.7. The van der Waals surface area contributed by atoms with Gasteiger partial charge in [0.15, 0.2) is 0 Å². The molecule has 0 aliphatic heterocycles. The topological polar surface area (TPSA) is 52.3 Å². The van der Waals surface area contributed by atoms with Gasteiger partial charge in [-0.15, -0.1) is 0 Å². The van der Waals surface area contributed by atoms with Crippen molar-refractivity contribution in [3.8, 4) is 5.75 Å². The van der Waals surface area contributed by atoms with E-state index in [4.69, 9.17) is 10.5 Å². The van der Waals surface area contributed by atoms with Gasteiger partial charge in [0, 0.05) is 6.42 Å². The zero-order chi connectivity index (χ0) is 13.5. The van der Waals surface area contributed by atoms with Gasteiger partial charge in [-0.3, -0.25) is 4.79 Å². The number of carbonyl (C=O) groups excluding carboxylic acids is 1. The monoisotopic (exact) mass is 255 g/mol. The van der Waals surface area contributed by atoms with E-state index in [1.54, 1.807) is 0 Å². The Labute approximate surface area is 113 Å². The van der Waals surface area contributed by atoms with E-state index in [0.717, 1.165) is 16.9 Å². The standard InChI is InChI=1S/C16H17NO2/c17-16(18)11-10-13-6-8-14(9-7-13)12-19-15-4-2-1-3-5-15/h1-9H,10-12H2,(H2,17,18). The number of amides is 1. The normalized spacial score (nSPS) is 10.1. The van der Waals surface area contributed by atoms with Crippen molar-refractivity contribution in [2.75, 3.05) is 0 Å². The summed E-state index contributed by atoms with van der Waals surface area (Å²) in [6, 6.07) is 17.8. The quantitative estimate of drug-likeness (QED) is 0.862. The molecule has 2 aromatic carbocycles. The van der Waals surface area contributed by atoms with Gasteiger partial charge in [-0.05, 0) is 29.7 Å². The van der Waals surface area contributed by atoms with Crippen molar-refractivity contribution in [1.82, 2.24) is 0 Å². The van der Waals surface area contributed by atoms with E-state index in [1.165, 1.54) is 0 Å². The van der Waals surface area contributed by atoms with Gasteiger partial charge in [0.05, 0.1) is 0 Å². The number of para-hydroxylation sites is 1. The number of carbonyl (C=O) groups is 1. The third-order valence-corrected chi connectivity index (χ3v) is 2.83. The van der Waals surface area contributed by atoms with Crippen molar-refractivity contribution in [3.63, 3.8) is 0 Å². The van der Waals surface area contributed by atoms with Crippen molar-refractivity contribution in [1.29, 1.82) is 0 Å². The smallest absolute Gasteiger partial charge is 0.217 e. The molecule has 19 heavy (non-hydrogen) atoms. The van der Waals surface area contributed by atoms with Gasteiger partial charge in [-0.2, -0.15) is 0 Å². The number of benzene rings is 2. The van der Waals surface area contributed by atoms with Crippen LogP contribution in [0.4, 0.5) is 0 Å². The molecule has 0 aromatic heterocycles. The number of ether oxygens (including phenoxy) is 1. The Kier molecular flexibility index (Phi) is 4.56. The number of nitrogens with two attached hydrogens (primary N) is 1. The van der Waals surface area contributed by atoms with Gasteiger partial charge in [-0.25, -0.2) is 0 Å². The van der Waals surface area contributed by atoms with E-state index in [1.807, 2.05) is 54.6 Å². The molecule has 0 radical (unpaired) electrons.